The first-order valence-electron chi connectivity index (χ1n) is 11.1. The SMILES string of the molecule is N#Cc1ccc(NC(=O)c2ccc(I)cc2N2CCC(=C(F)F)CC2)nc1N1CCC(F)(F)CC1. The molecule has 0 spiro atoms. The summed E-state index contributed by atoms with van der Waals surface area (Å²) in [5, 5.41) is 12.2. The maximum Gasteiger partial charge on any atom is 0.269 e. The molecule has 0 unspecified atom stereocenters. The lowest BCUT2D eigenvalue weighted by molar-refractivity contribution is -0.0221. The molecule has 0 atom stereocenters. The maximum absolute atomic E-state index is 13.6. The highest BCUT2D eigenvalue weighted by molar-refractivity contribution is 14.1. The van der Waals surface area contributed by atoms with Gasteiger partial charge in [-0.15, -0.1) is 0 Å². The molecule has 0 bridgehead atoms. The number of amides is 1. The summed E-state index contributed by atoms with van der Waals surface area (Å²) in [5.74, 6) is -2.73. The van der Waals surface area contributed by atoms with E-state index in [1.54, 1.807) is 17.0 Å². The summed E-state index contributed by atoms with van der Waals surface area (Å²) < 4.78 is 54.0. The minimum absolute atomic E-state index is 0.0538. The molecule has 1 N–H and O–H groups in total. The van der Waals surface area contributed by atoms with Crippen LogP contribution in [0.2, 0.25) is 0 Å². The largest absolute Gasteiger partial charge is 0.370 e. The van der Waals surface area contributed by atoms with Gasteiger partial charge in [-0.25, -0.2) is 13.8 Å². The van der Waals surface area contributed by atoms with Gasteiger partial charge in [-0.05, 0) is 71.3 Å². The average Bonchev–Trinajstić information content (AvgIpc) is 2.84. The molecule has 2 aromatic rings. The molecule has 1 aromatic carbocycles. The zero-order chi connectivity index (χ0) is 25.2. The number of halogens is 5. The molecule has 0 saturated carbocycles. The molecular weight excluding hydrogens is 577 g/mol. The predicted molar refractivity (Wildman–Crippen MR) is 133 cm³/mol. The minimum atomic E-state index is -2.74. The zero-order valence-electron chi connectivity index (χ0n) is 18.6. The number of benzene rings is 1. The zero-order valence-corrected chi connectivity index (χ0v) is 20.8. The number of pyridine rings is 1. The number of anilines is 3. The number of rotatable bonds is 4. The van der Waals surface area contributed by atoms with Crippen molar-refractivity contribution in [2.45, 2.75) is 31.6 Å². The summed E-state index contributed by atoms with van der Waals surface area (Å²) in [5.41, 5.74) is 1.38. The molecule has 2 fully saturated rings. The smallest absolute Gasteiger partial charge is 0.269 e. The van der Waals surface area contributed by atoms with Crippen molar-refractivity contribution < 1.29 is 22.4 Å². The van der Waals surface area contributed by atoms with E-state index in [4.69, 9.17) is 0 Å². The fraction of sp³-hybridized carbons (Fsp3) is 0.375. The summed E-state index contributed by atoms with van der Waals surface area (Å²) >= 11 is 2.13. The molecular formula is C24H22F4IN5O. The lowest BCUT2D eigenvalue weighted by Crippen LogP contribution is -2.40. The quantitative estimate of drug-likeness (QED) is 0.356. The Morgan fingerprint density at radius 1 is 1.06 bits per heavy atom. The average molecular weight is 599 g/mol. The van der Waals surface area contributed by atoms with Crippen molar-refractivity contribution in [3.05, 3.63) is 56.7 Å². The predicted octanol–water partition coefficient (Wildman–Crippen LogP) is 5.80. The molecule has 4 rings (SSSR count). The van der Waals surface area contributed by atoms with Gasteiger partial charge in [0.25, 0.3) is 17.9 Å². The van der Waals surface area contributed by atoms with E-state index in [0.29, 0.717) is 24.3 Å². The van der Waals surface area contributed by atoms with Crippen molar-refractivity contribution in [1.82, 2.24) is 4.98 Å². The number of alkyl halides is 2. The van der Waals surface area contributed by atoms with Crippen LogP contribution in [0, 0.1) is 14.9 Å². The van der Waals surface area contributed by atoms with Crippen molar-refractivity contribution in [3.63, 3.8) is 0 Å². The fourth-order valence-corrected chi connectivity index (χ4v) is 4.72. The Bertz CT molecular complexity index is 1190. The monoisotopic (exact) mass is 599 g/mol. The van der Waals surface area contributed by atoms with E-state index in [0.717, 1.165) is 3.57 Å². The number of nitrogens with one attached hydrogen (secondary N) is 1. The maximum atomic E-state index is 13.6. The molecule has 1 aromatic heterocycles. The topological polar surface area (TPSA) is 72.3 Å². The van der Waals surface area contributed by atoms with Crippen molar-refractivity contribution in [3.8, 4) is 6.07 Å². The standard InChI is InChI=1S/C24H22F4IN5O/c25-21(26)15-5-9-33(10-6-15)19-13-17(29)2-3-18(19)23(35)32-20-4-1-16(14-30)22(31-20)34-11-7-24(27,28)8-12-34/h1-4,13H,5-12H2,(H,31,32,35). The highest BCUT2D eigenvalue weighted by Gasteiger charge is 2.35. The van der Waals surface area contributed by atoms with Crippen molar-refractivity contribution in [2.24, 2.45) is 0 Å². The van der Waals surface area contributed by atoms with E-state index in [1.807, 2.05) is 17.0 Å². The van der Waals surface area contributed by atoms with E-state index < -0.39 is 17.9 Å². The highest BCUT2D eigenvalue weighted by atomic mass is 127. The number of piperidine rings is 2. The number of aromatic nitrogens is 1. The second kappa shape index (κ2) is 10.4. The number of carbonyl (C=O) groups is 1. The number of carbonyl (C=O) groups excluding carboxylic acids is 1. The Morgan fingerprint density at radius 3 is 2.37 bits per heavy atom. The molecule has 0 aliphatic carbocycles. The Labute approximate surface area is 213 Å². The van der Waals surface area contributed by atoms with Gasteiger partial charge in [0.15, 0.2) is 0 Å². The summed E-state index contributed by atoms with van der Waals surface area (Å²) in [4.78, 5) is 21.1. The molecule has 0 radical (unpaired) electrons. The molecule has 11 heteroatoms. The first-order valence-corrected chi connectivity index (χ1v) is 12.2. The van der Waals surface area contributed by atoms with Gasteiger partial charge in [0.2, 0.25) is 0 Å². The van der Waals surface area contributed by atoms with Gasteiger partial charge < -0.3 is 15.1 Å². The van der Waals surface area contributed by atoms with Crippen LogP contribution in [0.25, 0.3) is 0 Å². The van der Waals surface area contributed by atoms with Crippen molar-refractivity contribution >= 4 is 45.8 Å². The normalized spacial score (nSPS) is 17.7. The Morgan fingerprint density at radius 2 is 1.74 bits per heavy atom. The number of hydrogen-bond acceptors (Lipinski definition) is 5. The van der Waals surface area contributed by atoms with Gasteiger partial charge in [-0.3, -0.25) is 4.79 Å². The van der Waals surface area contributed by atoms with Crippen LogP contribution in [-0.2, 0) is 0 Å². The molecule has 6 nitrogen and oxygen atoms in total. The van der Waals surface area contributed by atoms with Crippen LogP contribution in [0.5, 0.6) is 0 Å². The third kappa shape index (κ3) is 5.86. The third-order valence-corrected chi connectivity index (χ3v) is 6.88. The fourth-order valence-electron chi connectivity index (χ4n) is 4.24. The van der Waals surface area contributed by atoms with Crippen LogP contribution in [0.1, 0.15) is 41.6 Å². The van der Waals surface area contributed by atoms with Gasteiger partial charge in [-0.2, -0.15) is 14.0 Å². The van der Waals surface area contributed by atoms with Gasteiger partial charge in [-0.1, -0.05) is 0 Å². The summed E-state index contributed by atoms with van der Waals surface area (Å²) in [6.07, 6.45) is -1.85. The molecule has 3 heterocycles. The number of nitriles is 1. The van der Waals surface area contributed by atoms with Crippen LogP contribution in [0.15, 0.2) is 42.0 Å². The summed E-state index contributed by atoms with van der Waals surface area (Å²) in [6, 6.07) is 10.3. The lowest BCUT2D eigenvalue weighted by atomic mass is 10.0. The van der Waals surface area contributed by atoms with Crippen molar-refractivity contribution in [1.29, 1.82) is 5.26 Å². The van der Waals surface area contributed by atoms with E-state index in [-0.39, 0.29) is 61.5 Å². The molecule has 35 heavy (non-hydrogen) atoms. The molecule has 2 saturated heterocycles. The first-order chi connectivity index (χ1) is 16.7. The first kappa shape index (κ1) is 25.2. The van der Waals surface area contributed by atoms with Gasteiger partial charge >= 0.3 is 0 Å². The van der Waals surface area contributed by atoms with E-state index in [9.17, 15) is 27.6 Å². The van der Waals surface area contributed by atoms with Crippen LogP contribution in [0.4, 0.5) is 34.9 Å². The molecule has 2 aliphatic rings. The van der Waals surface area contributed by atoms with Crippen LogP contribution in [0.3, 0.4) is 0 Å². The second-order valence-electron chi connectivity index (χ2n) is 8.49. The highest BCUT2D eigenvalue weighted by Crippen LogP contribution is 2.33. The van der Waals surface area contributed by atoms with Gasteiger partial charge in [0, 0.05) is 42.6 Å². The van der Waals surface area contributed by atoms with Crippen molar-refractivity contribution in [2.75, 3.05) is 41.3 Å². The Kier molecular flexibility index (Phi) is 7.49. The van der Waals surface area contributed by atoms with Crippen LogP contribution < -0.4 is 15.1 Å². The Hall–Kier alpha value is -2.88. The van der Waals surface area contributed by atoms with E-state index in [1.165, 1.54) is 12.1 Å². The second-order valence-corrected chi connectivity index (χ2v) is 9.73. The number of hydrogen-bond donors (Lipinski definition) is 1. The van der Waals surface area contributed by atoms with E-state index >= 15 is 0 Å². The molecule has 1 amide bonds. The van der Waals surface area contributed by atoms with E-state index in [2.05, 4.69) is 32.9 Å². The molecule has 2 aliphatic heterocycles. The summed E-state index contributed by atoms with van der Waals surface area (Å²) in [7, 11) is 0. The van der Waals surface area contributed by atoms with Crippen LogP contribution >= 0.6 is 22.6 Å². The summed E-state index contributed by atoms with van der Waals surface area (Å²) in [6.45, 7) is 0.842. The van der Waals surface area contributed by atoms with Crippen LogP contribution in [-0.4, -0.2) is 43.0 Å². The lowest BCUT2D eigenvalue weighted by Gasteiger charge is -2.33. The minimum Gasteiger partial charge on any atom is -0.370 e. The number of nitrogens with zero attached hydrogens (tertiary/aromatic N) is 4. The Balaban J connectivity index is 1.56. The third-order valence-electron chi connectivity index (χ3n) is 6.21. The van der Waals surface area contributed by atoms with Gasteiger partial charge in [0.1, 0.15) is 17.7 Å². The molecule has 184 valence electrons. The van der Waals surface area contributed by atoms with Gasteiger partial charge in [0.05, 0.1) is 16.8 Å².